The summed E-state index contributed by atoms with van der Waals surface area (Å²) in [6.45, 7) is -0.0258. The lowest BCUT2D eigenvalue weighted by Gasteiger charge is -2.16. The number of benzene rings is 1. The molecular formula is C17H24F3N3O2S. The van der Waals surface area contributed by atoms with Crippen LogP contribution in [-0.2, 0) is 6.54 Å². The number of alkyl halides is 3. The van der Waals surface area contributed by atoms with Gasteiger partial charge in [-0.05, 0) is 36.3 Å². The van der Waals surface area contributed by atoms with E-state index in [2.05, 4.69) is 15.6 Å². The van der Waals surface area contributed by atoms with Crippen LogP contribution in [0.2, 0.25) is 0 Å². The molecule has 2 N–H and O–H groups in total. The number of ether oxygens (including phenoxy) is 2. The van der Waals surface area contributed by atoms with E-state index in [-0.39, 0.29) is 11.5 Å². The average Bonchev–Trinajstić information content (AvgIpc) is 3.13. The van der Waals surface area contributed by atoms with Crippen molar-refractivity contribution in [3.8, 4) is 11.5 Å². The third kappa shape index (κ3) is 6.86. The number of aliphatic imine (C=N–C) groups is 1. The minimum atomic E-state index is -4.39. The zero-order valence-electron chi connectivity index (χ0n) is 14.9. The second-order valence-corrected chi connectivity index (χ2v) is 7.24. The topological polar surface area (TPSA) is 54.9 Å². The van der Waals surface area contributed by atoms with E-state index in [1.54, 1.807) is 19.2 Å². The lowest BCUT2D eigenvalue weighted by Crippen LogP contribution is -2.39. The van der Waals surface area contributed by atoms with Crippen molar-refractivity contribution in [1.29, 1.82) is 0 Å². The minimum absolute atomic E-state index is 0.0642. The van der Waals surface area contributed by atoms with Crippen LogP contribution in [0.4, 0.5) is 13.2 Å². The Balaban J connectivity index is 1.87. The number of halogens is 3. The van der Waals surface area contributed by atoms with Crippen molar-refractivity contribution in [2.45, 2.75) is 30.8 Å². The molecule has 1 heterocycles. The second kappa shape index (κ2) is 9.80. The maximum absolute atomic E-state index is 12.3. The largest absolute Gasteiger partial charge is 0.493 e. The van der Waals surface area contributed by atoms with Gasteiger partial charge < -0.3 is 20.1 Å². The summed E-state index contributed by atoms with van der Waals surface area (Å²) in [4.78, 5) is 4.18. The molecule has 1 saturated heterocycles. The van der Waals surface area contributed by atoms with Gasteiger partial charge in [-0.3, -0.25) is 4.99 Å². The summed E-state index contributed by atoms with van der Waals surface area (Å²) in [5.74, 6) is 2.23. The molecular weight excluding hydrogens is 367 g/mol. The summed E-state index contributed by atoms with van der Waals surface area (Å²) < 4.78 is 46.8. The van der Waals surface area contributed by atoms with Crippen molar-refractivity contribution in [2.24, 2.45) is 4.99 Å². The van der Waals surface area contributed by atoms with E-state index in [1.165, 1.54) is 31.8 Å². The third-order valence-corrected chi connectivity index (χ3v) is 5.22. The highest BCUT2D eigenvalue weighted by atomic mass is 32.2. The van der Waals surface area contributed by atoms with Crippen LogP contribution >= 0.6 is 11.8 Å². The minimum Gasteiger partial charge on any atom is -0.493 e. The van der Waals surface area contributed by atoms with Gasteiger partial charge in [0.2, 0.25) is 0 Å². The van der Waals surface area contributed by atoms with Gasteiger partial charge in [-0.2, -0.15) is 24.9 Å². The lowest BCUT2D eigenvalue weighted by atomic mass is 10.2. The van der Waals surface area contributed by atoms with E-state index in [1.807, 2.05) is 11.8 Å². The molecule has 2 rings (SSSR count). The zero-order chi connectivity index (χ0) is 19.0. The quantitative estimate of drug-likeness (QED) is 0.552. The van der Waals surface area contributed by atoms with Gasteiger partial charge >= 0.3 is 6.18 Å². The Labute approximate surface area is 155 Å². The first-order valence-corrected chi connectivity index (χ1v) is 9.38. The van der Waals surface area contributed by atoms with Crippen LogP contribution in [0.3, 0.4) is 0 Å². The van der Waals surface area contributed by atoms with Crippen LogP contribution in [-0.4, -0.2) is 50.4 Å². The molecule has 1 aromatic carbocycles. The molecule has 0 saturated carbocycles. The fourth-order valence-corrected chi connectivity index (χ4v) is 3.72. The van der Waals surface area contributed by atoms with Crippen molar-refractivity contribution in [3.63, 3.8) is 0 Å². The van der Waals surface area contributed by atoms with Crippen molar-refractivity contribution >= 4 is 17.7 Å². The van der Waals surface area contributed by atoms with Crippen LogP contribution in [0.5, 0.6) is 11.5 Å². The highest BCUT2D eigenvalue weighted by Gasteiger charge is 2.29. The Morgan fingerprint density at radius 1 is 1.31 bits per heavy atom. The molecule has 26 heavy (non-hydrogen) atoms. The van der Waals surface area contributed by atoms with Gasteiger partial charge in [-0.15, -0.1) is 0 Å². The normalized spacial score (nSPS) is 17.9. The summed E-state index contributed by atoms with van der Waals surface area (Å²) in [7, 11) is 3.10. The maximum Gasteiger partial charge on any atom is 0.422 e. The Kier molecular flexibility index (Phi) is 7.74. The Bertz CT molecular complexity index is 605. The smallest absolute Gasteiger partial charge is 0.422 e. The van der Waals surface area contributed by atoms with E-state index in [0.29, 0.717) is 17.8 Å². The molecule has 1 aliphatic rings. The van der Waals surface area contributed by atoms with Crippen molar-refractivity contribution in [1.82, 2.24) is 10.6 Å². The van der Waals surface area contributed by atoms with E-state index in [0.717, 1.165) is 12.1 Å². The molecule has 1 unspecified atom stereocenters. The van der Waals surface area contributed by atoms with Crippen LogP contribution in [0.25, 0.3) is 0 Å². The van der Waals surface area contributed by atoms with Crippen LogP contribution in [0.15, 0.2) is 23.2 Å². The van der Waals surface area contributed by atoms with Crippen LogP contribution in [0, 0.1) is 0 Å². The first kappa shape index (κ1) is 20.5. The van der Waals surface area contributed by atoms with E-state index in [4.69, 9.17) is 9.47 Å². The summed E-state index contributed by atoms with van der Waals surface area (Å²) in [6, 6.07) is 4.83. The molecule has 0 aliphatic carbocycles. The molecule has 5 nitrogen and oxygen atoms in total. The molecule has 0 bridgehead atoms. The molecule has 146 valence electrons. The predicted molar refractivity (Wildman–Crippen MR) is 98.2 cm³/mol. The number of nitrogens with one attached hydrogen (secondary N) is 2. The maximum atomic E-state index is 12.3. The average molecular weight is 391 g/mol. The summed E-state index contributed by atoms with van der Waals surface area (Å²) >= 11 is 1.97. The third-order valence-electron chi connectivity index (χ3n) is 3.82. The lowest BCUT2D eigenvalue weighted by molar-refractivity contribution is -0.153. The fourth-order valence-electron chi connectivity index (χ4n) is 2.52. The second-order valence-electron chi connectivity index (χ2n) is 5.83. The number of guanidine groups is 1. The van der Waals surface area contributed by atoms with Gasteiger partial charge in [0.1, 0.15) is 0 Å². The molecule has 1 aliphatic heterocycles. The van der Waals surface area contributed by atoms with Crippen molar-refractivity contribution in [3.05, 3.63) is 23.8 Å². The zero-order valence-corrected chi connectivity index (χ0v) is 15.7. The van der Waals surface area contributed by atoms with Crippen molar-refractivity contribution in [2.75, 3.05) is 33.1 Å². The number of hydrogen-bond acceptors (Lipinski definition) is 4. The van der Waals surface area contributed by atoms with Gasteiger partial charge in [0.05, 0.1) is 7.11 Å². The first-order valence-electron chi connectivity index (χ1n) is 8.34. The molecule has 0 spiro atoms. The summed E-state index contributed by atoms with van der Waals surface area (Å²) in [6.07, 6.45) is -1.92. The predicted octanol–water partition coefficient (Wildman–Crippen LogP) is 3.20. The standard InChI is InChI=1S/C17H24F3N3O2S/c1-21-16(23-10-13-4-3-7-26-13)22-9-12-5-6-14(15(8-12)24-2)25-11-17(18,19)20/h5-6,8,13H,3-4,7,9-11H2,1-2H3,(H2,21,22,23). The summed E-state index contributed by atoms with van der Waals surface area (Å²) in [5.41, 5.74) is 0.847. The molecule has 1 fully saturated rings. The Hall–Kier alpha value is -1.77. The highest BCUT2D eigenvalue weighted by Crippen LogP contribution is 2.29. The molecule has 0 radical (unpaired) electrons. The van der Waals surface area contributed by atoms with Gasteiger partial charge in [0, 0.05) is 25.4 Å². The van der Waals surface area contributed by atoms with Crippen molar-refractivity contribution < 1.29 is 22.6 Å². The number of hydrogen-bond donors (Lipinski definition) is 2. The monoisotopic (exact) mass is 391 g/mol. The number of nitrogens with zero attached hydrogens (tertiary/aromatic N) is 1. The van der Waals surface area contributed by atoms with E-state index < -0.39 is 12.8 Å². The Morgan fingerprint density at radius 2 is 2.12 bits per heavy atom. The van der Waals surface area contributed by atoms with Gasteiger partial charge in [-0.25, -0.2) is 0 Å². The summed E-state index contributed by atoms with van der Waals surface area (Å²) in [5, 5.41) is 7.10. The fraction of sp³-hybridized carbons (Fsp3) is 0.588. The molecule has 0 aromatic heterocycles. The van der Waals surface area contributed by atoms with E-state index >= 15 is 0 Å². The number of thioether (sulfide) groups is 1. The number of rotatable bonds is 7. The number of methoxy groups -OCH3 is 1. The van der Waals surface area contributed by atoms with Gasteiger partial charge in [-0.1, -0.05) is 6.07 Å². The van der Waals surface area contributed by atoms with Gasteiger partial charge in [0.15, 0.2) is 24.1 Å². The van der Waals surface area contributed by atoms with E-state index in [9.17, 15) is 13.2 Å². The highest BCUT2D eigenvalue weighted by molar-refractivity contribution is 8.00. The van der Waals surface area contributed by atoms with Gasteiger partial charge in [0.25, 0.3) is 0 Å². The first-order chi connectivity index (χ1) is 12.4. The molecule has 9 heteroatoms. The Morgan fingerprint density at radius 3 is 2.73 bits per heavy atom. The SMILES string of the molecule is CN=C(NCc1ccc(OCC(F)(F)F)c(OC)c1)NCC1CCCS1. The molecule has 0 amide bonds. The molecule has 1 atom stereocenters. The van der Waals surface area contributed by atoms with Crippen LogP contribution in [0.1, 0.15) is 18.4 Å². The van der Waals surface area contributed by atoms with Crippen LogP contribution < -0.4 is 20.1 Å². The molecule has 1 aromatic rings.